The number of nitrogens with one attached hydrogen (secondary N) is 1. The maximum absolute atomic E-state index is 12.3. The highest BCUT2D eigenvalue weighted by molar-refractivity contribution is 7.92. The number of anilines is 1. The van der Waals surface area contributed by atoms with Crippen molar-refractivity contribution >= 4 is 27.3 Å². The molecule has 0 unspecified atom stereocenters. The lowest BCUT2D eigenvalue weighted by Crippen LogP contribution is -2.13. The summed E-state index contributed by atoms with van der Waals surface area (Å²) >= 11 is 5.77. The molecule has 0 bridgehead atoms. The number of rotatable bonds is 4. The third kappa shape index (κ3) is 3.13. The Hall–Kier alpha value is -1.53. The number of nitrogens with zero attached hydrogens (tertiary/aromatic N) is 2. The van der Waals surface area contributed by atoms with Gasteiger partial charge in [0.2, 0.25) is 0 Å². The van der Waals surface area contributed by atoms with Crippen molar-refractivity contribution in [2.45, 2.75) is 31.7 Å². The molecule has 0 aliphatic heterocycles. The molecule has 0 aliphatic rings. The zero-order chi connectivity index (χ0) is 14.9. The highest BCUT2D eigenvalue weighted by atomic mass is 35.5. The summed E-state index contributed by atoms with van der Waals surface area (Å²) in [6.45, 7) is 5.56. The van der Waals surface area contributed by atoms with Crippen LogP contribution in [-0.2, 0) is 10.0 Å². The lowest BCUT2D eigenvalue weighted by Gasteiger charge is -2.07. The number of aryl methyl sites for hydroxylation is 1. The molecule has 1 heterocycles. The quantitative estimate of drug-likeness (QED) is 0.942. The number of halogens is 1. The van der Waals surface area contributed by atoms with E-state index in [1.807, 2.05) is 13.8 Å². The van der Waals surface area contributed by atoms with Gasteiger partial charge in [-0.25, -0.2) is 8.42 Å². The average Bonchev–Trinajstić information content (AvgIpc) is 2.75. The third-order valence-electron chi connectivity index (χ3n) is 2.79. The first kappa shape index (κ1) is 14.9. The van der Waals surface area contributed by atoms with Crippen molar-refractivity contribution in [1.82, 2.24) is 9.78 Å². The zero-order valence-electron chi connectivity index (χ0n) is 11.5. The van der Waals surface area contributed by atoms with Gasteiger partial charge in [0.05, 0.1) is 5.69 Å². The molecule has 0 atom stereocenters. The van der Waals surface area contributed by atoms with Crippen LogP contribution in [0.2, 0.25) is 5.02 Å². The number of sulfonamides is 1. The minimum Gasteiger partial charge on any atom is -0.280 e. The maximum atomic E-state index is 12.3. The summed E-state index contributed by atoms with van der Waals surface area (Å²) in [5.41, 5.74) is 0.936. The van der Waals surface area contributed by atoms with Crippen LogP contribution in [0, 0.1) is 6.92 Å². The summed E-state index contributed by atoms with van der Waals surface area (Å²) in [5, 5.41) is 4.76. The number of aromatic nitrogens is 2. The zero-order valence-corrected chi connectivity index (χ0v) is 13.0. The molecule has 1 aromatic heterocycles. The lowest BCUT2D eigenvalue weighted by molar-refractivity contribution is 0.528. The summed E-state index contributed by atoms with van der Waals surface area (Å²) in [6.07, 6.45) is 1.54. The van der Waals surface area contributed by atoms with E-state index in [9.17, 15) is 8.42 Å². The summed E-state index contributed by atoms with van der Waals surface area (Å²) in [4.78, 5) is 0.182. The predicted octanol–water partition coefficient (Wildman–Crippen LogP) is 3.23. The van der Waals surface area contributed by atoms with E-state index in [1.54, 1.807) is 35.9 Å². The van der Waals surface area contributed by atoms with E-state index in [0.29, 0.717) is 16.4 Å². The Labute approximate surface area is 123 Å². The fourth-order valence-corrected chi connectivity index (χ4v) is 3.08. The van der Waals surface area contributed by atoms with E-state index in [1.165, 1.54) is 6.20 Å². The standard InChI is InChI=1S/C13H16ClN3O2S/c1-9(2)17-8-13(10(3)15-17)20(18,19)16-12-6-4-11(14)5-7-12/h4-9,16H,1-3H3. The first-order valence-electron chi connectivity index (χ1n) is 6.14. The molecule has 0 saturated heterocycles. The molecule has 0 spiro atoms. The Balaban J connectivity index is 2.33. The van der Waals surface area contributed by atoms with Crippen molar-refractivity contribution in [3.63, 3.8) is 0 Å². The SMILES string of the molecule is Cc1nn(C(C)C)cc1S(=O)(=O)Nc1ccc(Cl)cc1. The van der Waals surface area contributed by atoms with Gasteiger partial charge in [0.25, 0.3) is 10.0 Å². The minimum absolute atomic E-state index is 0.105. The van der Waals surface area contributed by atoms with Crippen molar-refractivity contribution in [2.75, 3.05) is 4.72 Å². The second-order valence-corrected chi connectivity index (χ2v) is 6.85. The number of benzene rings is 1. The Bertz CT molecular complexity index is 706. The molecule has 1 aromatic carbocycles. The molecule has 5 nitrogen and oxygen atoms in total. The van der Waals surface area contributed by atoms with Gasteiger partial charge in [-0.3, -0.25) is 9.40 Å². The van der Waals surface area contributed by atoms with Crippen LogP contribution in [0.5, 0.6) is 0 Å². The van der Waals surface area contributed by atoms with Gasteiger partial charge in [0.15, 0.2) is 0 Å². The van der Waals surface area contributed by atoms with Crippen LogP contribution in [0.4, 0.5) is 5.69 Å². The summed E-state index contributed by atoms with van der Waals surface area (Å²) < 4.78 is 28.8. The van der Waals surface area contributed by atoms with Crippen LogP contribution < -0.4 is 4.72 Å². The van der Waals surface area contributed by atoms with Gasteiger partial charge in [0.1, 0.15) is 4.90 Å². The summed E-state index contributed by atoms with van der Waals surface area (Å²) in [5.74, 6) is 0. The monoisotopic (exact) mass is 313 g/mol. The molecule has 2 rings (SSSR count). The van der Waals surface area contributed by atoms with Gasteiger partial charge in [-0.2, -0.15) is 5.10 Å². The van der Waals surface area contributed by atoms with Crippen molar-refractivity contribution in [3.8, 4) is 0 Å². The van der Waals surface area contributed by atoms with Crippen LogP contribution in [0.15, 0.2) is 35.4 Å². The second kappa shape index (κ2) is 5.46. The van der Waals surface area contributed by atoms with Crippen molar-refractivity contribution in [3.05, 3.63) is 41.2 Å². The Kier molecular flexibility index (Phi) is 4.06. The molecule has 0 aliphatic carbocycles. The van der Waals surface area contributed by atoms with Crippen molar-refractivity contribution in [1.29, 1.82) is 0 Å². The largest absolute Gasteiger partial charge is 0.280 e. The lowest BCUT2D eigenvalue weighted by atomic mass is 10.3. The molecule has 1 N–H and O–H groups in total. The van der Waals surface area contributed by atoms with Crippen molar-refractivity contribution < 1.29 is 8.42 Å². The van der Waals surface area contributed by atoms with E-state index in [-0.39, 0.29) is 10.9 Å². The molecular weight excluding hydrogens is 298 g/mol. The topological polar surface area (TPSA) is 64.0 Å². The van der Waals surface area contributed by atoms with E-state index in [2.05, 4.69) is 9.82 Å². The Morgan fingerprint density at radius 3 is 2.35 bits per heavy atom. The van der Waals surface area contributed by atoms with Crippen LogP contribution in [0.1, 0.15) is 25.6 Å². The Morgan fingerprint density at radius 1 is 1.25 bits per heavy atom. The normalized spacial score (nSPS) is 11.8. The molecule has 20 heavy (non-hydrogen) atoms. The molecular formula is C13H16ClN3O2S. The van der Waals surface area contributed by atoms with Crippen LogP contribution in [0.3, 0.4) is 0 Å². The Morgan fingerprint density at radius 2 is 1.85 bits per heavy atom. The molecule has 108 valence electrons. The van der Waals surface area contributed by atoms with E-state index in [0.717, 1.165) is 0 Å². The third-order valence-corrected chi connectivity index (χ3v) is 4.52. The predicted molar refractivity (Wildman–Crippen MR) is 79.6 cm³/mol. The fourth-order valence-electron chi connectivity index (χ4n) is 1.72. The molecule has 0 fully saturated rings. The highest BCUT2D eigenvalue weighted by Gasteiger charge is 2.21. The van der Waals surface area contributed by atoms with Gasteiger partial charge in [0, 0.05) is 22.9 Å². The first-order valence-corrected chi connectivity index (χ1v) is 8.00. The van der Waals surface area contributed by atoms with Crippen LogP contribution in [0.25, 0.3) is 0 Å². The fraction of sp³-hybridized carbons (Fsp3) is 0.308. The van der Waals surface area contributed by atoms with E-state index in [4.69, 9.17) is 11.6 Å². The van der Waals surface area contributed by atoms with Crippen LogP contribution in [-0.4, -0.2) is 18.2 Å². The first-order chi connectivity index (χ1) is 9.29. The van der Waals surface area contributed by atoms with Crippen LogP contribution >= 0.6 is 11.6 Å². The smallest absolute Gasteiger partial charge is 0.265 e. The minimum atomic E-state index is -3.65. The van der Waals surface area contributed by atoms with E-state index < -0.39 is 10.0 Å². The van der Waals surface area contributed by atoms with Gasteiger partial charge in [-0.15, -0.1) is 0 Å². The summed E-state index contributed by atoms with van der Waals surface area (Å²) in [6, 6.07) is 6.59. The molecule has 2 aromatic rings. The molecule has 0 radical (unpaired) electrons. The highest BCUT2D eigenvalue weighted by Crippen LogP contribution is 2.21. The number of hydrogen-bond acceptors (Lipinski definition) is 3. The van der Waals surface area contributed by atoms with Gasteiger partial charge in [-0.05, 0) is 45.0 Å². The van der Waals surface area contributed by atoms with Crippen molar-refractivity contribution in [2.24, 2.45) is 0 Å². The maximum Gasteiger partial charge on any atom is 0.265 e. The number of hydrogen-bond donors (Lipinski definition) is 1. The molecule has 0 amide bonds. The van der Waals surface area contributed by atoms with E-state index >= 15 is 0 Å². The molecule has 0 saturated carbocycles. The average molecular weight is 314 g/mol. The van der Waals surface area contributed by atoms with Gasteiger partial charge >= 0.3 is 0 Å². The van der Waals surface area contributed by atoms with Gasteiger partial charge in [-0.1, -0.05) is 11.6 Å². The van der Waals surface area contributed by atoms with Gasteiger partial charge < -0.3 is 0 Å². The molecule has 7 heteroatoms. The second-order valence-electron chi connectivity index (χ2n) is 4.76. The summed E-state index contributed by atoms with van der Waals surface area (Å²) in [7, 11) is -3.65.